The van der Waals surface area contributed by atoms with E-state index in [1.54, 1.807) is 0 Å². The Morgan fingerprint density at radius 1 is 1.55 bits per heavy atom. The number of rotatable bonds is 5. The van der Waals surface area contributed by atoms with Crippen LogP contribution in [0.3, 0.4) is 0 Å². The Morgan fingerprint density at radius 2 is 2.30 bits per heavy atom. The van der Waals surface area contributed by atoms with Gasteiger partial charge in [0.25, 0.3) is 0 Å². The molecule has 6 nitrogen and oxygen atoms in total. The Bertz CT molecular complexity index is 510. The summed E-state index contributed by atoms with van der Waals surface area (Å²) in [5.74, 6) is -0.308. The minimum atomic E-state index is -0.663. The largest absolute Gasteiger partial charge is 0.490 e. The number of nitrogens with two attached hydrogens (primary N) is 1. The van der Waals surface area contributed by atoms with Gasteiger partial charge in [0.05, 0.1) is 23.8 Å². The number of nitro groups is 1. The summed E-state index contributed by atoms with van der Waals surface area (Å²) in [5, 5.41) is 13.9. The molecule has 0 aliphatic heterocycles. The number of nitro benzene ring substituents is 1. The van der Waals surface area contributed by atoms with Crippen LogP contribution < -0.4 is 15.8 Å². The molecule has 3 N–H and O–H groups in total. The van der Waals surface area contributed by atoms with E-state index in [0.717, 1.165) is 25.3 Å². The third-order valence-corrected chi connectivity index (χ3v) is 3.77. The summed E-state index contributed by atoms with van der Waals surface area (Å²) in [5.41, 5.74) is 5.53. The van der Waals surface area contributed by atoms with Gasteiger partial charge in [-0.25, -0.2) is 4.39 Å². The van der Waals surface area contributed by atoms with Crippen LogP contribution in [0.4, 0.5) is 15.8 Å². The van der Waals surface area contributed by atoms with Crippen LogP contribution >= 0.6 is 0 Å². The second kappa shape index (κ2) is 6.04. The molecular weight excluding hydrogens is 265 g/mol. The van der Waals surface area contributed by atoms with Crippen molar-refractivity contribution < 1.29 is 14.1 Å². The molecule has 0 saturated heterocycles. The Labute approximate surface area is 116 Å². The van der Waals surface area contributed by atoms with Crippen LogP contribution in [0.1, 0.15) is 19.3 Å². The van der Waals surface area contributed by atoms with E-state index >= 15 is 0 Å². The van der Waals surface area contributed by atoms with Gasteiger partial charge in [0.2, 0.25) is 0 Å². The van der Waals surface area contributed by atoms with E-state index in [2.05, 4.69) is 5.32 Å². The molecule has 0 heterocycles. The van der Waals surface area contributed by atoms with Crippen molar-refractivity contribution in [2.24, 2.45) is 11.7 Å². The maximum Gasteiger partial charge on any atom is 0.313 e. The van der Waals surface area contributed by atoms with Crippen LogP contribution in [0.5, 0.6) is 5.75 Å². The lowest BCUT2D eigenvalue weighted by molar-refractivity contribution is -0.385. The zero-order valence-electron chi connectivity index (χ0n) is 11.3. The fourth-order valence-corrected chi connectivity index (χ4v) is 2.67. The molecule has 0 aromatic heterocycles. The van der Waals surface area contributed by atoms with Crippen LogP contribution in [0.2, 0.25) is 0 Å². The monoisotopic (exact) mass is 283 g/mol. The van der Waals surface area contributed by atoms with Crippen LogP contribution in [-0.2, 0) is 0 Å². The first-order valence-corrected chi connectivity index (χ1v) is 6.55. The molecule has 1 aliphatic rings. The Kier molecular flexibility index (Phi) is 4.39. The maximum absolute atomic E-state index is 14.0. The first-order valence-electron chi connectivity index (χ1n) is 6.55. The average molecular weight is 283 g/mol. The van der Waals surface area contributed by atoms with Gasteiger partial charge in [-0.15, -0.1) is 0 Å². The average Bonchev–Trinajstić information content (AvgIpc) is 2.87. The van der Waals surface area contributed by atoms with Crippen molar-refractivity contribution >= 4 is 11.4 Å². The zero-order valence-corrected chi connectivity index (χ0v) is 11.3. The highest BCUT2D eigenvalue weighted by Gasteiger charge is 2.28. The highest BCUT2D eigenvalue weighted by atomic mass is 19.1. The van der Waals surface area contributed by atoms with Crippen LogP contribution in [0.25, 0.3) is 0 Å². The van der Waals surface area contributed by atoms with E-state index in [-0.39, 0.29) is 23.2 Å². The highest BCUT2D eigenvalue weighted by Crippen LogP contribution is 2.35. The van der Waals surface area contributed by atoms with Crippen molar-refractivity contribution in [3.05, 3.63) is 28.1 Å². The van der Waals surface area contributed by atoms with Crippen molar-refractivity contribution in [1.82, 2.24) is 0 Å². The minimum Gasteiger partial charge on any atom is -0.490 e. The normalized spacial score (nSPS) is 21.8. The Hall–Kier alpha value is -1.89. The lowest BCUT2D eigenvalue weighted by Gasteiger charge is -2.21. The Balaban J connectivity index is 2.26. The maximum atomic E-state index is 14.0. The van der Waals surface area contributed by atoms with Gasteiger partial charge in [-0.05, 0) is 25.3 Å². The van der Waals surface area contributed by atoms with Crippen molar-refractivity contribution in [2.45, 2.75) is 25.3 Å². The van der Waals surface area contributed by atoms with Gasteiger partial charge >= 0.3 is 5.69 Å². The molecule has 1 saturated carbocycles. The fourth-order valence-electron chi connectivity index (χ4n) is 2.67. The van der Waals surface area contributed by atoms with Crippen LogP contribution in [-0.4, -0.2) is 24.6 Å². The molecule has 110 valence electrons. The summed E-state index contributed by atoms with van der Waals surface area (Å²) >= 11 is 0. The lowest BCUT2D eigenvalue weighted by atomic mass is 10.0. The lowest BCUT2D eigenvalue weighted by Crippen LogP contribution is -2.29. The van der Waals surface area contributed by atoms with Gasteiger partial charge in [0.15, 0.2) is 11.6 Å². The van der Waals surface area contributed by atoms with Crippen molar-refractivity contribution in [3.8, 4) is 5.75 Å². The molecule has 0 radical (unpaired) electrons. The highest BCUT2D eigenvalue weighted by molar-refractivity contribution is 5.59. The van der Waals surface area contributed by atoms with E-state index in [1.807, 2.05) is 0 Å². The number of hydrogen-bond donors (Lipinski definition) is 2. The van der Waals surface area contributed by atoms with Crippen molar-refractivity contribution in [3.63, 3.8) is 0 Å². The van der Waals surface area contributed by atoms with E-state index in [4.69, 9.17) is 10.5 Å². The number of ether oxygens (including phenoxy) is 1. The topological polar surface area (TPSA) is 90.4 Å². The molecule has 1 aromatic rings. The molecule has 1 fully saturated rings. The quantitative estimate of drug-likeness (QED) is 0.639. The third-order valence-electron chi connectivity index (χ3n) is 3.77. The molecule has 0 bridgehead atoms. The predicted molar refractivity (Wildman–Crippen MR) is 73.4 cm³/mol. The van der Waals surface area contributed by atoms with Gasteiger partial charge < -0.3 is 15.8 Å². The van der Waals surface area contributed by atoms with Gasteiger partial charge in [0, 0.05) is 12.1 Å². The number of nitrogens with zero attached hydrogens (tertiary/aromatic N) is 1. The first-order chi connectivity index (χ1) is 9.56. The number of benzene rings is 1. The van der Waals surface area contributed by atoms with E-state index in [0.29, 0.717) is 12.5 Å². The SMILES string of the molecule is COc1cc(NC2CCCC2CN)c(F)cc1[N+](=O)[O-]. The Morgan fingerprint density at radius 3 is 2.90 bits per heavy atom. The summed E-state index contributed by atoms with van der Waals surface area (Å²) in [7, 11) is 1.32. The summed E-state index contributed by atoms with van der Waals surface area (Å²) in [6.45, 7) is 0.545. The zero-order chi connectivity index (χ0) is 14.7. The number of anilines is 1. The molecule has 2 unspecified atom stereocenters. The summed E-state index contributed by atoms with van der Waals surface area (Å²) in [6, 6.07) is 2.31. The minimum absolute atomic E-state index is 0.0428. The number of halogens is 1. The summed E-state index contributed by atoms with van der Waals surface area (Å²) < 4.78 is 18.9. The van der Waals surface area contributed by atoms with Crippen LogP contribution in [0.15, 0.2) is 12.1 Å². The fraction of sp³-hybridized carbons (Fsp3) is 0.538. The van der Waals surface area contributed by atoms with Gasteiger partial charge in [-0.2, -0.15) is 0 Å². The summed E-state index contributed by atoms with van der Waals surface area (Å²) in [4.78, 5) is 10.1. The second-order valence-corrected chi connectivity index (χ2v) is 4.94. The smallest absolute Gasteiger partial charge is 0.313 e. The first kappa shape index (κ1) is 14.5. The molecule has 1 aliphatic carbocycles. The molecule has 0 spiro atoms. The predicted octanol–water partition coefficient (Wildman–Crippen LogP) is 2.28. The number of methoxy groups -OCH3 is 1. The third kappa shape index (κ3) is 2.82. The van der Waals surface area contributed by atoms with E-state index < -0.39 is 10.7 Å². The van der Waals surface area contributed by atoms with Crippen molar-refractivity contribution in [2.75, 3.05) is 19.0 Å². The standard InChI is InChI=1S/C13H18FN3O3/c1-20-13-6-11(9(14)5-12(13)17(18)19)16-10-4-2-3-8(10)7-15/h5-6,8,10,16H,2-4,7,15H2,1H3. The summed E-state index contributed by atoms with van der Waals surface area (Å²) in [6.07, 6.45) is 2.98. The number of nitrogens with one attached hydrogen (secondary N) is 1. The van der Waals surface area contributed by atoms with E-state index in [1.165, 1.54) is 13.2 Å². The molecule has 7 heteroatoms. The van der Waals surface area contributed by atoms with Gasteiger partial charge in [-0.1, -0.05) is 6.42 Å². The second-order valence-electron chi connectivity index (χ2n) is 4.94. The van der Waals surface area contributed by atoms with Crippen molar-refractivity contribution in [1.29, 1.82) is 0 Å². The van der Waals surface area contributed by atoms with E-state index in [9.17, 15) is 14.5 Å². The molecule has 2 rings (SSSR count). The van der Waals surface area contributed by atoms with Crippen LogP contribution in [0, 0.1) is 21.8 Å². The molecule has 2 atom stereocenters. The van der Waals surface area contributed by atoms with Gasteiger partial charge in [-0.3, -0.25) is 10.1 Å². The molecule has 1 aromatic carbocycles. The number of hydrogen-bond acceptors (Lipinski definition) is 5. The molecular formula is C13H18FN3O3. The molecule has 20 heavy (non-hydrogen) atoms. The van der Waals surface area contributed by atoms with Gasteiger partial charge in [0.1, 0.15) is 0 Å². The molecule has 0 amide bonds.